The molecule has 10 heteroatoms. The number of anilines is 1. The lowest BCUT2D eigenvalue weighted by atomic mass is 9.63. The van der Waals surface area contributed by atoms with Crippen LogP contribution >= 0.6 is 0 Å². The van der Waals surface area contributed by atoms with E-state index < -0.39 is 58.1 Å². The Bertz CT molecular complexity index is 1080. The van der Waals surface area contributed by atoms with E-state index in [-0.39, 0.29) is 18.0 Å². The van der Waals surface area contributed by atoms with Gasteiger partial charge in [-0.1, -0.05) is 0 Å². The minimum absolute atomic E-state index is 0.200. The molecule has 7 nitrogen and oxygen atoms in total. The number of carbonyl (C=O) groups excluding carboxylic acids is 3. The Morgan fingerprint density at radius 1 is 1.28 bits per heavy atom. The minimum Gasteiger partial charge on any atom is -0.367 e. The van der Waals surface area contributed by atoms with Crippen LogP contribution in [0, 0.1) is 29.1 Å². The van der Waals surface area contributed by atoms with E-state index in [4.69, 9.17) is 10.00 Å². The Balaban J connectivity index is 1.77. The molecule has 0 spiro atoms. The van der Waals surface area contributed by atoms with Gasteiger partial charge in [-0.25, -0.2) is 4.90 Å². The summed E-state index contributed by atoms with van der Waals surface area (Å²) in [6, 6.07) is 4.24. The number of imide groups is 1. The molecular formula is C22H22F3N3O4. The summed E-state index contributed by atoms with van der Waals surface area (Å²) in [5.41, 5.74) is -4.41. The minimum atomic E-state index is -4.83. The zero-order valence-corrected chi connectivity index (χ0v) is 18.0. The summed E-state index contributed by atoms with van der Waals surface area (Å²) in [7, 11) is 1.64. The first-order valence-corrected chi connectivity index (χ1v) is 10.2. The molecule has 0 unspecified atom stereocenters. The van der Waals surface area contributed by atoms with E-state index in [9.17, 15) is 27.6 Å². The van der Waals surface area contributed by atoms with Crippen LogP contribution in [0.3, 0.4) is 0 Å². The van der Waals surface area contributed by atoms with Crippen molar-refractivity contribution in [2.75, 3.05) is 18.5 Å². The number of hydrogen-bond acceptors (Lipinski definition) is 5. The molecule has 0 radical (unpaired) electrons. The number of nitriles is 1. The second-order valence-electron chi connectivity index (χ2n) is 9.01. The van der Waals surface area contributed by atoms with Gasteiger partial charge in [-0.3, -0.25) is 14.4 Å². The van der Waals surface area contributed by atoms with Gasteiger partial charge >= 0.3 is 6.18 Å². The SMILES string of the molecule is CCN(C)C(=O)[C@@H]1C[C@@]2(C)O[C@]1(C)[C@@H]1C(=O)N(c3ccc(C#N)c(C(F)(F)F)c3)C(=O)[C@@H]12. The van der Waals surface area contributed by atoms with Crippen molar-refractivity contribution >= 4 is 23.4 Å². The summed E-state index contributed by atoms with van der Waals surface area (Å²) in [6.07, 6.45) is -4.59. The van der Waals surface area contributed by atoms with Crippen molar-refractivity contribution in [1.82, 2.24) is 4.90 Å². The third-order valence-electron chi connectivity index (χ3n) is 7.17. The van der Waals surface area contributed by atoms with Crippen molar-refractivity contribution in [2.45, 2.75) is 44.6 Å². The zero-order chi connectivity index (χ0) is 23.8. The largest absolute Gasteiger partial charge is 0.417 e. The second kappa shape index (κ2) is 6.78. The molecule has 0 saturated carbocycles. The highest BCUT2D eigenvalue weighted by Crippen LogP contribution is 2.63. The smallest absolute Gasteiger partial charge is 0.367 e. The predicted molar refractivity (Wildman–Crippen MR) is 105 cm³/mol. The molecule has 0 aromatic heterocycles. The first-order chi connectivity index (χ1) is 14.8. The third kappa shape index (κ3) is 2.80. The van der Waals surface area contributed by atoms with Crippen molar-refractivity contribution in [3.8, 4) is 6.07 Å². The van der Waals surface area contributed by atoms with Gasteiger partial charge in [0.25, 0.3) is 0 Å². The van der Waals surface area contributed by atoms with Crippen LogP contribution in [0.4, 0.5) is 18.9 Å². The van der Waals surface area contributed by atoms with Crippen LogP contribution in [-0.4, -0.2) is 47.4 Å². The summed E-state index contributed by atoms with van der Waals surface area (Å²) in [5, 5.41) is 9.02. The molecule has 3 aliphatic heterocycles. The molecule has 3 amide bonds. The molecular weight excluding hydrogens is 427 g/mol. The Morgan fingerprint density at radius 3 is 2.47 bits per heavy atom. The summed E-state index contributed by atoms with van der Waals surface area (Å²) in [6.45, 7) is 5.57. The lowest BCUT2D eigenvalue weighted by molar-refractivity contribution is -0.144. The number of carbonyl (C=O) groups is 3. The first-order valence-electron chi connectivity index (χ1n) is 10.2. The predicted octanol–water partition coefficient (Wildman–Crippen LogP) is 2.73. The van der Waals surface area contributed by atoms with Crippen molar-refractivity contribution in [1.29, 1.82) is 5.26 Å². The van der Waals surface area contributed by atoms with Gasteiger partial charge < -0.3 is 9.64 Å². The molecule has 1 aromatic rings. The highest BCUT2D eigenvalue weighted by atomic mass is 19.4. The maximum absolute atomic E-state index is 13.4. The maximum Gasteiger partial charge on any atom is 0.417 e. The summed E-state index contributed by atoms with van der Waals surface area (Å²) >= 11 is 0. The Labute approximate surface area is 182 Å². The van der Waals surface area contributed by atoms with E-state index in [1.807, 2.05) is 6.92 Å². The lowest BCUT2D eigenvalue weighted by Gasteiger charge is -2.36. The van der Waals surface area contributed by atoms with Crippen LogP contribution in [0.1, 0.15) is 38.3 Å². The number of benzene rings is 1. The molecule has 0 N–H and O–H groups in total. The van der Waals surface area contributed by atoms with Crippen LogP contribution in [0.25, 0.3) is 0 Å². The number of hydrogen-bond donors (Lipinski definition) is 0. The molecule has 3 saturated heterocycles. The van der Waals surface area contributed by atoms with Gasteiger partial charge in [0.05, 0.1) is 51.8 Å². The third-order valence-corrected chi connectivity index (χ3v) is 7.17. The number of ether oxygens (including phenoxy) is 1. The quantitative estimate of drug-likeness (QED) is 0.662. The van der Waals surface area contributed by atoms with Crippen LogP contribution in [-0.2, 0) is 25.3 Å². The highest BCUT2D eigenvalue weighted by Gasteiger charge is 2.77. The van der Waals surface area contributed by atoms with Gasteiger partial charge in [0.1, 0.15) is 0 Å². The fraction of sp³-hybridized carbons (Fsp3) is 0.545. The monoisotopic (exact) mass is 449 g/mol. The number of rotatable bonds is 3. The van der Waals surface area contributed by atoms with Gasteiger partial charge in [0.2, 0.25) is 17.7 Å². The molecule has 4 rings (SSSR count). The summed E-state index contributed by atoms with van der Waals surface area (Å²) < 4.78 is 46.4. The van der Waals surface area contributed by atoms with Crippen molar-refractivity contribution in [3.63, 3.8) is 0 Å². The van der Waals surface area contributed by atoms with E-state index >= 15 is 0 Å². The van der Waals surface area contributed by atoms with Gasteiger partial charge in [0, 0.05) is 13.6 Å². The van der Waals surface area contributed by atoms with Crippen LogP contribution in [0.5, 0.6) is 0 Å². The zero-order valence-electron chi connectivity index (χ0n) is 18.0. The number of alkyl halides is 3. The standard InChI is InChI=1S/C22H22F3N3O4/c1-5-27(4)17(29)14-9-20(2)15-16(21(14,3)32-20)19(31)28(18(15)30)12-7-6-11(10-26)13(8-12)22(23,24)25/h6-8,14-16H,5,9H2,1-4H3/t14-,15+,16-,20+,21-/m0/s1. The average molecular weight is 449 g/mol. The van der Waals surface area contributed by atoms with Gasteiger partial charge in [-0.2, -0.15) is 18.4 Å². The average Bonchev–Trinajstić information content (AvgIpc) is 3.26. The van der Waals surface area contributed by atoms with E-state index in [0.717, 1.165) is 17.0 Å². The number of halogens is 3. The molecule has 32 heavy (non-hydrogen) atoms. The molecule has 0 aliphatic carbocycles. The maximum atomic E-state index is 13.4. The Morgan fingerprint density at radius 2 is 1.91 bits per heavy atom. The number of nitrogens with zero attached hydrogens (tertiary/aromatic N) is 3. The van der Waals surface area contributed by atoms with E-state index in [1.165, 1.54) is 11.0 Å². The van der Waals surface area contributed by atoms with Gasteiger partial charge in [0.15, 0.2) is 0 Å². The fourth-order valence-electron chi connectivity index (χ4n) is 5.57. The second-order valence-corrected chi connectivity index (χ2v) is 9.01. The summed E-state index contributed by atoms with van der Waals surface area (Å²) in [5.74, 6) is -4.09. The van der Waals surface area contributed by atoms with E-state index in [1.54, 1.807) is 20.9 Å². The van der Waals surface area contributed by atoms with E-state index in [2.05, 4.69) is 0 Å². The van der Waals surface area contributed by atoms with Gasteiger partial charge in [-0.15, -0.1) is 0 Å². The molecule has 3 heterocycles. The van der Waals surface area contributed by atoms with Crippen LogP contribution in [0.15, 0.2) is 18.2 Å². The van der Waals surface area contributed by atoms with Crippen LogP contribution < -0.4 is 4.90 Å². The Kier molecular flexibility index (Phi) is 4.72. The fourth-order valence-corrected chi connectivity index (χ4v) is 5.57. The van der Waals surface area contributed by atoms with Gasteiger partial charge in [-0.05, 0) is 45.4 Å². The van der Waals surface area contributed by atoms with E-state index in [0.29, 0.717) is 12.6 Å². The molecule has 3 aliphatic rings. The molecule has 3 fully saturated rings. The number of amides is 3. The summed E-state index contributed by atoms with van der Waals surface area (Å²) in [4.78, 5) is 41.9. The molecule has 2 bridgehead atoms. The van der Waals surface area contributed by atoms with Crippen molar-refractivity contribution in [3.05, 3.63) is 29.3 Å². The van der Waals surface area contributed by atoms with Crippen molar-refractivity contribution < 1.29 is 32.3 Å². The normalized spacial score (nSPS) is 33.4. The highest BCUT2D eigenvalue weighted by molar-refractivity contribution is 6.23. The van der Waals surface area contributed by atoms with Crippen LogP contribution in [0.2, 0.25) is 0 Å². The number of fused-ring (bicyclic) bond motifs is 5. The molecule has 5 atom stereocenters. The molecule has 1 aromatic carbocycles. The first kappa shape index (κ1) is 22.3. The molecule has 170 valence electrons. The topological polar surface area (TPSA) is 90.7 Å². The Hall–Kier alpha value is -2.93. The van der Waals surface area contributed by atoms with Crippen molar-refractivity contribution in [2.24, 2.45) is 17.8 Å². The lowest BCUT2D eigenvalue weighted by Crippen LogP contribution is -2.51.